The van der Waals surface area contributed by atoms with Gasteiger partial charge in [-0.05, 0) is 67.1 Å². The first-order valence-corrected chi connectivity index (χ1v) is 9.41. The molecular weight excluding hydrogens is 376 g/mol. The fraction of sp³-hybridized carbons (Fsp3) is 0.273. The van der Waals surface area contributed by atoms with E-state index >= 15 is 0 Å². The highest BCUT2D eigenvalue weighted by Crippen LogP contribution is 2.35. The Hall–Kier alpha value is -3.22. The highest BCUT2D eigenvalue weighted by atomic mass is 19.1. The zero-order chi connectivity index (χ0) is 20.8. The number of carbonyl (C=O) groups excluding carboxylic acids is 1. The molecule has 0 saturated heterocycles. The molecule has 29 heavy (non-hydrogen) atoms. The Morgan fingerprint density at radius 2 is 2.00 bits per heavy atom. The summed E-state index contributed by atoms with van der Waals surface area (Å²) in [5, 5.41) is 3.69. The Balaban J connectivity index is 1.54. The molecule has 150 valence electrons. The molecule has 0 atom stereocenters. The molecule has 7 heteroatoms. The predicted octanol–water partition coefficient (Wildman–Crippen LogP) is 3.54. The van der Waals surface area contributed by atoms with Gasteiger partial charge in [0.05, 0.1) is 23.2 Å². The van der Waals surface area contributed by atoms with Crippen LogP contribution in [0.25, 0.3) is 10.8 Å². The molecular formula is C22H21F2N3O2. The lowest BCUT2D eigenvalue weighted by molar-refractivity contribution is -0.135. The maximum absolute atomic E-state index is 14.4. The molecule has 0 aliphatic carbocycles. The highest BCUT2D eigenvalue weighted by Gasteiger charge is 2.37. The number of hydrogen-bond donors (Lipinski definition) is 2. The smallest absolute Gasteiger partial charge is 0.255 e. The molecule has 2 heterocycles. The van der Waals surface area contributed by atoms with Crippen LogP contribution in [0, 0.1) is 11.6 Å². The third-order valence-corrected chi connectivity index (χ3v) is 5.60. The van der Waals surface area contributed by atoms with Gasteiger partial charge in [-0.1, -0.05) is 6.07 Å². The van der Waals surface area contributed by atoms with Crippen LogP contribution >= 0.6 is 0 Å². The molecule has 0 fully saturated rings. The summed E-state index contributed by atoms with van der Waals surface area (Å²) in [6, 6.07) is 9.00. The van der Waals surface area contributed by atoms with Crippen LogP contribution < -0.4 is 10.9 Å². The summed E-state index contributed by atoms with van der Waals surface area (Å²) in [6.07, 6.45) is 2.06. The van der Waals surface area contributed by atoms with Gasteiger partial charge in [-0.15, -0.1) is 0 Å². The number of aromatic amines is 1. The van der Waals surface area contributed by atoms with Gasteiger partial charge in [-0.25, -0.2) is 8.78 Å². The maximum atomic E-state index is 14.4. The van der Waals surface area contributed by atoms with Crippen LogP contribution in [0.4, 0.5) is 14.5 Å². The van der Waals surface area contributed by atoms with E-state index in [1.807, 2.05) is 13.8 Å². The predicted molar refractivity (Wildman–Crippen MR) is 108 cm³/mol. The van der Waals surface area contributed by atoms with Crippen LogP contribution in [0.5, 0.6) is 0 Å². The van der Waals surface area contributed by atoms with Crippen molar-refractivity contribution in [2.24, 2.45) is 0 Å². The Morgan fingerprint density at radius 1 is 1.21 bits per heavy atom. The van der Waals surface area contributed by atoms with E-state index in [0.29, 0.717) is 18.4 Å². The number of halogens is 2. The maximum Gasteiger partial charge on any atom is 0.255 e. The molecule has 0 radical (unpaired) electrons. The summed E-state index contributed by atoms with van der Waals surface area (Å²) in [5.41, 5.74) is 1.00. The van der Waals surface area contributed by atoms with Crippen LogP contribution in [0.15, 0.2) is 47.4 Å². The Bertz CT molecular complexity index is 1170. The van der Waals surface area contributed by atoms with Crippen LogP contribution in [-0.4, -0.2) is 28.9 Å². The molecule has 5 nitrogen and oxygen atoms in total. The van der Waals surface area contributed by atoms with E-state index in [1.54, 1.807) is 17.0 Å². The first kappa shape index (κ1) is 19.1. The minimum absolute atomic E-state index is 0.0917. The molecule has 1 aliphatic rings. The number of H-pyrrole nitrogens is 1. The number of rotatable bonds is 3. The summed E-state index contributed by atoms with van der Waals surface area (Å²) in [5.74, 6) is -1.07. The van der Waals surface area contributed by atoms with Crippen molar-refractivity contribution in [2.45, 2.75) is 25.8 Å². The fourth-order valence-corrected chi connectivity index (χ4v) is 4.07. The van der Waals surface area contributed by atoms with Gasteiger partial charge in [-0.2, -0.15) is 0 Å². The topological polar surface area (TPSA) is 65.2 Å². The number of pyridine rings is 1. The number of benzene rings is 2. The monoisotopic (exact) mass is 397 g/mol. The van der Waals surface area contributed by atoms with E-state index in [-0.39, 0.29) is 34.9 Å². The average Bonchev–Trinajstić information content (AvgIpc) is 2.66. The highest BCUT2D eigenvalue weighted by molar-refractivity contribution is 5.87. The van der Waals surface area contributed by atoms with Crippen LogP contribution in [0.1, 0.15) is 25.0 Å². The standard InChI is InChI=1S/C22H21F2N3O2/c1-22(2)17-4-3-15(23)9-14(17)6-8-27(22)20(28)12-26-19-10-13-5-7-25-21(29)16(13)11-18(19)24/h3-5,7,9-11,26H,6,8,12H2,1-2H3,(H,25,29). The van der Waals surface area contributed by atoms with Crippen LogP contribution in [-0.2, 0) is 16.8 Å². The number of carbonyl (C=O) groups is 1. The fourth-order valence-electron chi connectivity index (χ4n) is 4.07. The summed E-state index contributed by atoms with van der Waals surface area (Å²) >= 11 is 0. The Labute approximate surface area is 166 Å². The van der Waals surface area contributed by atoms with Gasteiger partial charge in [0.2, 0.25) is 5.91 Å². The lowest BCUT2D eigenvalue weighted by Gasteiger charge is -2.44. The number of fused-ring (bicyclic) bond motifs is 2. The average molecular weight is 397 g/mol. The second kappa shape index (κ2) is 6.99. The van der Waals surface area contributed by atoms with E-state index in [0.717, 1.165) is 17.2 Å². The number of nitrogens with one attached hydrogen (secondary N) is 2. The molecule has 1 aromatic heterocycles. The zero-order valence-electron chi connectivity index (χ0n) is 16.2. The zero-order valence-corrected chi connectivity index (χ0v) is 16.2. The quantitative estimate of drug-likeness (QED) is 0.711. The molecule has 2 N–H and O–H groups in total. The molecule has 0 spiro atoms. The number of aromatic nitrogens is 1. The van der Waals surface area contributed by atoms with Gasteiger partial charge in [0.1, 0.15) is 11.6 Å². The molecule has 0 bridgehead atoms. The summed E-state index contributed by atoms with van der Waals surface area (Å²) < 4.78 is 27.9. The molecule has 3 aromatic rings. The summed E-state index contributed by atoms with van der Waals surface area (Å²) in [6.45, 7) is 4.21. The van der Waals surface area contributed by atoms with Crippen molar-refractivity contribution >= 4 is 22.4 Å². The molecule has 0 saturated carbocycles. The van der Waals surface area contributed by atoms with Crippen molar-refractivity contribution in [3.05, 3.63) is 75.7 Å². The Morgan fingerprint density at radius 3 is 2.79 bits per heavy atom. The van der Waals surface area contributed by atoms with Crippen molar-refractivity contribution in [2.75, 3.05) is 18.4 Å². The van der Waals surface area contributed by atoms with Gasteiger partial charge in [-0.3, -0.25) is 9.59 Å². The van der Waals surface area contributed by atoms with Gasteiger partial charge < -0.3 is 15.2 Å². The van der Waals surface area contributed by atoms with Crippen molar-refractivity contribution in [3.63, 3.8) is 0 Å². The largest absolute Gasteiger partial charge is 0.374 e. The first-order chi connectivity index (χ1) is 13.8. The summed E-state index contributed by atoms with van der Waals surface area (Å²) in [4.78, 5) is 28.9. The minimum Gasteiger partial charge on any atom is -0.374 e. The lowest BCUT2D eigenvalue weighted by atomic mass is 9.83. The van der Waals surface area contributed by atoms with Gasteiger partial charge >= 0.3 is 0 Å². The third-order valence-electron chi connectivity index (χ3n) is 5.60. The van der Waals surface area contributed by atoms with Crippen molar-refractivity contribution < 1.29 is 13.6 Å². The van der Waals surface area contributed by atoms with E-state index < -0.39 is 11.4 Å². The van der Waals surface area contributed by atoms with E-state index in [9.17, 15) is 18.4 Å². The normalized spacial score (nSPS) is 15.2. The number of amides is 1. The van der Waals surface area contributed by atoms with Gasteiger partial charge in [0, 0.05) is 12.7 Å². The second-order valence-electron chi connectivity index (χ2n) is 7.74. The van der Waals surface area contributed by atoms with Gasteiger partial charge in [0.25, 0.3) is 5.56 Å². The van der Waals surface area contributed by atoms with E-state index in [1.165, 1.54) is 24.4 Å². The molecule has 0 unspecified atom stereocenters. The molecule has 1 amide bonds. The lowest BCUT2D eigenvalue weighted by Crippen LogP contribution is -2.51. The Kier molecular flexibility index (Phi) is 4.61. The molecule has 4 rings (SSSR count). The summed E-state index contributed by atoms with van der Waals surface area (Å²) in [7, 11) is 0. The van der Waals surface area contributed by atoms with E-state index in [4.69, 9.17) is 0 Å². The third kappa shape index (κ3) is 3.37. The first-order valence-electron chi connectivity index (χ1n) is 9.41. The molecule has 2 aromatic carbocycles. The van der Waals surface area contributed by atoms with Gasteiger partial charge in [0.15, 0.2) is 0 Å². The van der Waals surface area contributed by atoms with Crippen LogP contribution in [0.3, 0.4) is 0 Å². The van der Waals surface area contributed by atoms with Crippen molar-refractivity contribution in [1.82, 2.24) is 9.88 Å². The minimum atomic E-state index is -0.602. The second-order valence-corrected chi connectivity index (χ2v) is 7.74. The van der Waals surface area contributed by atoms with Crippen LogP contribution in [0.2, 0.25) is 0 Å². The number of hydrogen-bond acceptors (Lipinski definition) is 3. The SMILES string of the molecule is CC1(C)c2ccc(F)cc2CCN1C(=O)CNc1cc2cc[nH]c(=O)c2cc1F. The van der Waals surface area contributed by atoms with E-state index in [2.05, 4.69) is 10.3 Å². The number of anilines is 1. The van der Waals surface area contributed by atoms with Crippen molar-refractivity contribution in [1.29, 1.82) is 0 Å². The number of nitrogens with zero attached hydrogens (tertiary/aromatic N) is 1. The molecule has 1 aliphatic heterocycles. The van der Waals surface area contributed by atoms with Crippen molar-refractivity contribution in [3.8, 4) is 0 Å².